The van der Waals surface area contributed by atoms with Crippen molar-refractivity contribution in [1.29, 1.82) is 0 Å². The van der Waals surface area contributed by atoms with E-state index in [0.717, 1.165) is 0 Å². The Morgan fingerprint density at radius 2 is 1.17 bits per heavy atom. The largest absolute Gasteiger partial charge is 0.479 e. The molecular weight excluding hydrogens is 176 g/mol. The van der Waals surface area contributed by atoms with Gasteiger partial charge in [-0.1, -0.05) is 0 Å². The molecule has 4 N–H and O–H groups in total. The smallest absolute Gasteiger partial charge is 0.339 e. The summed E-state index contributed by atoms with van der Waals surface area (Å²) >= 11 is 0. The van der Waals surface area contributed by atoms with E-state index in [9.17, 15) is 9.59 Å². The van der Waals surface area contributed by atoms with Gasteiger partial charge in [0.1, 0.15) is 0 Å². The summed E-state index contributed by atoms with van der Waals surface area (Å²) in [5.41, 5.74) is 0. The van der Waals surface area contributed by atoms with Crippen LogP contribution in [0.1, 0.15) is 0 Å². The Kier molecular flexibility index (Phi) is 4.15. The molecule has 70 valence electrons. The van der Waals surface area contributed by atoms with Crippen molar-refractivity contribution in [1.82, 2.24) is 0 Å². The highest BCUT2D eigenvalue weighted by Crippen LogP contribution is 2.02. The summed E-state index contributed by atoms with van der Waals surface area (Å²) in [6.07, 6.45) is -4.35. The SMILES string of the molecule is O=C(O)C(OO)C(OO)C(=O)O. The normalized spacial score (nSPS) is 15.2. The minimum Gasteiger partial charge on any atom is -0.479 e. The van der Waals surface area contributed by atoms with Gasteiger partial charge in [0.15, 0.2) is 0 Å². The van der Waals surface area contributed by atoms with E-state index >= 15 is 0 Å². The zero-order valence-electron chi connectivity index (χ0n) is 5.58. The lowest BCUT2D eigenvalue weighted by Crippen LogP contribution is -2.42. The van der Waals surface area contributed by atoms with Gasteiger partial charge in [0.25, 0.3) is 0 Å². The predicted molar refractivity (Wildman–Crippen MR) is 30.3 cm³/mol. The average Bonchev–Trinajstić information content (AvgIpc) is 1.98. The third kappa shape index (κ3) is 2.43. The van der Waals surface area contributed by atoms with E-state index in [4.69, 9.17) is 20.7 Å². The molecule has 0 heterocycles. The fourth-order valence-electron chi connectivity index (χ4n) is 0.460. The zero-order chi connectivity index (χ0) is 9.72. The van der Waals surface area contributed by atoms with Crippen LogP contribution < -0.4 is 0 Å². The van der Waals surface area contributed by atoms with E-state index in [1.807, 2.05) is 0 Å². The molecule has 0 spiro atoms. The fourth-order valence-corrected chi connectivity index (χ4v) is 0.460. The van der Waals surface area contributed by atoms with Crippen LogP contribution in [0.5, 0.6) is 0 Å². The molecule has 0 aromatic heterocycles. The molecule has 0 aromatic carbocycles. The highest BCUT2D eigenvalue weighted by molar-refractivity contribution is 5.83. The van der Waals surface area contributed by atoms with E-state index in [0.29, 0.717) is 0 Å². The van der Waals surface area contributed by atoms with Crippen LogP contribution in [-0.2, 0) is 19.4 Å². The van der Waals surface area contributed by atoms with Crippen LogP contribution in [0.4, 0.5) is 0 Å². The maximum Gasteiger partial charge on any atom is 0.339 e. The molecule has 0 aliphatic carbocycles. The fraction of sp³-hybridized carbons (Fsp3) is 0.500. The Balaban J connectivity index is 4.44. The molecule has 0 aromatic rings. The Hall–Kier alpha value is -1.22. The standard InChI is InChI=1S/C4H6O8/c5-3(6)1(11-9)2(12-10)4(7)8/h1-2,9-10H,(H,5,6)(H,7,8). The maximum absolute atomic E-state index is 10.1. The van der Waals surface area contributed by atoms with E-state index in [1.54, 1.807) is 0 Å². The first-order chi connectivity index (χ1) is 5.54. The van der Waals surface area contributed by atoms with Crippen molar-refractivity contribution in [2.45, 2.75) is 12.2 Å². The quantitative estimate of drug-likeness (QED) is 0.310. The van der Waals surface area contributed by atoms with Gasteiger partial charge in [-0.25, -0.2) is 19.4 Å². The first-order valence-electron chi connectivity index (χ1n) is 2.60. The number of hydrogen-bond donors (Lipinski definition) is 4. The lowest BCUT2D eigenvalue weighted by atomic mass is 10.2. The molecule has 0 saturated carbocycles. The summed E-state index contributed by atoms with van der Waals surface area (Å²) in [4.78, 5) is 26.7. The van der Waals surface area contributed by atoms with Crippen LogP contribution in [0.2, 0.25) is 0 Å². The topological polar surface area (TPSA) is 134 Å². The molecule has 0 rings (SSSR count). The molecule has 0 saturated heterocycles. The molecule has 0 aliphatic heterocycles. The van der Waals surface area contributed by atoms with Gasteiger partial charge in [0.2, 0.25) is 12.2 Å². The molecule has 2 atom stereocenters. The van der Waals surface area contributed by atoms with Crippen molar-refractivity contribution in [2.75, 3.05) is 0 Å². The van der Waals surface area contributed by atoms with Crippen LogP contribution in [0.15, 0.2) is 0 Å². The highest BCUT2D eigenvalue weighted by atomic mass is 17.1. The number of rotatable bonds is 5. The summed E-state index contributed by atoms with van der Waals surface area (Å²) < 4.78 is 0. The molecule has 8 nitrogen and oxygen atoms in total. The second kappa shape index (κ2) is 4.62. The highest BCUT2D eigenvalue weighted by Gasteiger charge is 2.37. The van der Waals surface area contributed by atoms with Crippen molar-refractivity contribution in [3.8, 4) is 0 Å². The first kappa shape index (κ1) is 10.8. The van der Waals surface area contributed by atoms with Gasteiger partial charge in [0.05, 0.1) is 0 Å². The van der Waals surface area contributed by atoms with Crippen LogP contribution in [0.25, 0.3) is 0 Å². The van der Waals surface area contributed by atoms with Gasteiger partial charge < -0.3 is 10.2 Å². The Morgan fingerprint density at radius 1 is 0.917 bits per heavy atom. The van der Waals surface area contributed by atoms with E-state index in [2.05, 4.69) is 9.78 Å². The number of carboxylic acid groups (broad SMARTS) is 2. The zero-order valence-corrected chi connectivity index (χ0v) is 5.58. The van der Waals surface area contributed by atoms with Gasteiger partial charge in [-0.3, -0.25) is 10.5 Å². The Morgan fingerprint density at radius 3 is 1.25 bits per heavy atom. The van der Waals surface area contributed by atoms with Crippen molar-refractivity contribution in [3.63, 3.8) is 0 Å². The van der Waals surface area contributed by atoms with Gasteiger partial charge >= 0.3 is 11.9 Å². The summed E-state index contributed by atoms with van der Waals surface area (Å²) in [5, 5.41) is 32.2. The molecule has 0 fully saturated rings. The lowest BCUT2D eigenvalue weighted by molar-refractivity contribution is -0.343. The minimum absolute atomic E-state index is 1.78. The minimum atomic E-state index is -2.17. The number of carbonyl (C=O) groups is 2. The molecule has 0 radical (unpaired) electrons. The summed E-state index contributed by atoms with van der Waals surface area (Å²) in [5.74, 6) is -3.56. The van der Waals surface area contributed by atoms with Crippen molar-refractivity contribution in [3.05, 3.63) is 0 Å². The van der Waals surface area contributed by atoms with Crippen molar-refractivity contribution >= 4 is 11.9 Å². The Labute approximate surface area is 65.4 Å². The van der Waals surface area contributed by atoms with Gasteiger partial charge in [-0.2, -0.15) is 0 Å². The van der Waals surface area contributed by atoms with E-state index in [-0.39, 0.29) is 0 Å². The lowest BCUT2D eigenvalue weighted by Gasteiger charge is -2.13. The van der Waals surface area contributed by atoms with Crippen LogP contribution in [0.3, 0.4) is 0 Å². The predicted octanol–water partition coefficient (Wildman–Crippen LogP) is -1.13. The van der Waals surface area contributed by atoms with Gasteiger partial charge in [-0.15, -0.1) is 0 Å². The first-order valence-corrected chi connectivity index (χ1v) is 2.60. The van der Waals surface area contributed by atoms with Gasteiger partial charge in [0, 0.05) is 0 Å². The average molecular weight is 182 g/mol. The molecular formula is C4H6O8. The third-order valence-corrected chi connectivity index (χ3v) is 0.989. The molecule has 0 aliphatic rings. The molecule has 2 unspecified atom stereocenters. The molecule has 8 heteroatoms. The summed E-state index contributed by atoms with van der Waals surface area (Å²) in [6, 6.07) is 0. The third-order valence-electron chi connectivity index (χ3n) is 0.989. The van der Waals surface area contributed by atoms with Gasteiger partial charge in [-0.05, 0) is 0 Å². The number of carboxylic acids is 2. The summed E-state index contributed by atoms with van der Waals surface area (Å²) in [7, 11) is 0. The van der Waals surface area contributed by atoms with Crippen molar-refractivity contribution < 1.29 is 40.1 Å². The van der Waals surface area contributed by atoms with Crippen LogP contribution >= 0.6 is 0 Å². The molecule has 0 bridgehead atoms. The Bertz CT molecular complexity index is 156. The van der Waals surface area contributed by atoms with E-state index < -0.39 is 24.1 Å². The van der Waals surface area contributed by atoms with Crippen LogP contribution in [0, 0.1) is 0 Å². The molecule has 0 amide bonds. The monoisotopic (exact) mass is 182 g/mol. The van der Waals surface area contributed by atoms with E-state index in [1.165, 1.54) is 0 Å². The van der Waals surface area contributed by atoms with Crippen LogP contribution in [-0.4, -0.2) is 44.9 Å². The molecule has 12 heavy (non-hydrogen) atoms. The second-order valence-corrected chi connectivity index (χ2v) is 1.73. The van der Waals surface area contributed by atoms with Crippen molar-refractivity contribution in [2.24, 2.45) is 0 Å². The second-order valence-electron chi connectivity index (χ2n) is 1.73. The number of aliphatic carboxylic acids is 2. The summed E-state index contributed by atoms with van der Waals surface area (Å²) in [6.45, 7) is 0. The maximum atomic E-state index is 10.1. The number of hydrogen-bond acceptors (Lipinski definition) is 6.